The van der Waals surface area contributed by atoms with Gasteiger partial charge in [0.05, 0.1) is 28.9 Å². The number of aromatic nitrogens is 3. The van der Waals surface area contributed by atoms with Crippen LogP contribution in [0.25, 0.3) is 11.0 Å². The molecule has 1 unspecified atom stereocenters. The summed E-state index contributed by atoms with van der Waals surface area (Å²) < 4.78 is 39.6. The van der Waals surface area contributed by atoms with Gasteiger partial charge in [-0.05, 0) is 67.6 Å². The maximum Gasteiger partial charge on any atom is 0.416 e. The van der Waals surface area contributed by atoms with Gasteiger partial charge in [0.15, 0.2) is 5.65 Å². The maximum atomic E-state index is 13.2. The number of nitrogens with one attached hydrogen (secondary N) is 1. The number of pyridine rings is 1. The van der Waals surface area contributed by atoms with E-state index in [1.54, 1.807) is 13.1 Å². The van der Waals surface area contributed by atoms with Crippen molar-refractivity contribution in [3.63, 3.8) is 0 Å². The minimum absolute atomic E-state index is 0.00368. The Bertz CT molecular complexity index is 1100. The summed E-state index contributed by atoms with van der Waals surface area (Å²) in [6, 6.07) is 4.94. The summed E-state index contributed by atoms with van der Waals surface area (Å²) in [4.78, 5) is 15.1. The fraction of sp³-hybridized carbons (Fsp3) is 0.381. The zero-order valence-corrected chi connectivity index (χ0v) is 17.6. The van der Waals surface area contributed by atoms with Crippen molar-refractivity contribution < 1.29 is 13.2 Å². The van der Waals surface area contributed by atoms with E-state index in [9.17, 15) is 13.2 Å². The molecular formula is C21H22ClF3N6. The van der Waals surface area contributed by atoms with E-state index in [1.807, 2.05) is 6.07 Å². The zero-order chi connectivity index (χ0) is 22.2. The fourth-order valence-corrected chi connectivity index (χ4v) is 3.95. The van der Waals surface area contributed by atoms with Crippen molar-refractivity contribution in [3.05, 3.63) is 46.9 Å². The monoisotopic (exact) mass is 450 g/mol. The Labute approximate surface area is 182 Å². The summed E-state index contributed by atoms with van der Waals surface area (Å²) in [6.45, 7) is 3.63. The van der Waals surface area contributed by atoms with E-state index in [-0.39, 0.29) is 11.0 Å². The van der Waals surface area contributed by atoms with Crippen LogP contribution in [0.3, 0.4) is 0 Å². The molecule has 0 spiro atoms. The van der Waals surface area contributed by atoms with Crippen LogP contribution >= 0.6 is 11.6 Å². The lowest BCUT2D eigenvalue weighted by Crippen LogP contribution is -2.29. The van der Waals surface area contributed by atoms with E-state index >= 15 is 0 Å². The standard InChI is InChI=1S/C21H22ClF3N6/c1-12(13-7-14(21(23,24)25)9-15(26)8-13)28-19-17-10-16(31-5-3-2-4-6-31)11-27-18(17)29-20(22)30-19/h7-12H,2-6,26H2,1H3,(H,27,28,29,30). The number of nitrogens with zero attached hydrogens (tertiary/aromatic N) is 4. The number of alkyl halides is 3. The average Bonchev–Trinajstić information content (AvgIpc) is 2.73. The van der Waals surface area contributed by atoms with Crippen LogP contribution in [0.1, 0.15) is 43.4 Å². The first-order valence-corrected chi connectivity index (χ1v) is 10.4. The van der Waals surface area contributed by atoms with E-state index in [1.165, 1.54) is 12.5 Å². The van der Waals surface area contributed by atoms with Crippen LogP contribution in [0, 0.1) is 0 Å². The molecule has 0 radical (unpaired) electrons. The van der Waals surface area contributed by atoms with E-state index in [2.05, 4.69) is 25.2 Å². The van der Waals surface area contributed by atoms with Crippen molar-refractivity contribution in [2.24, 2.45) is 0 Å². The van der Waals surface area contributed by atoms with Crippen molar-refractivity contribution in [2.45, 2.75) is 38.4 Å². The third-order valence-electron chi connectivity index (χ3n) is 5.39. The van der Waals surface area contributed by atoms with Crippen molar-refractivity contribution in [1.29, 1.82) is 0 Å². The number of hydrogen-bond acceptors (Lipinski definition) is 6. The molecule has 0 bridgehead atoms. The topological polar surface area (TPSA) is 80.0 Å². The van der Waals surface area contributed by atoms with E-state index in [4.69, 9.17) is 17.3 Å². The lowest BCUT2D eigenvalue weighted by molar-refractivity contribution is -0.137. The largest absolute Gasteiger partial charge is 0.416 e. The van der Waals surface area contributed by atoms with Crippen molar-refractivity contribution >= 4 is 39.8 Å². The van der Waals surface area contributed by atoms with Gasteiger partial charge < -0.3 is 16.0 Å². The van der Waals surface area contributed by atoms with Gasteiger partial charge >= 0.3 is 6.18 Å². The number of rotatable bonds is 4. The number of halogens is 4. The lowest BCUT2D eigenvalue weighted by atomic mass is 10.0. The molecular weight excluding hydrogens is 429 g/mol. The second kappa shape index (κ2) is 8.37. The quantitative estimate of drug-likeness (QED) is 0.407. The second-order valence-electron chi connectivity index (χ2n) is 7.71. The Balaban J connectivity index is 1.69. The van der Waals surface area contributed by atoms with E-state index in [0.29, 0.717) is 22.4 Å². The summed E-state index contributed by atoms with van der Waals surface area (Å²) in [7, 11) is 0. The van der Waals surface area contributed by atoms with Crippen LogP contribution in [0.4, 0.5) is 30.4 Å². The number of nitrogens with two attached hydrogens (primary N) is 1. The third-order valence-corrected chi connectivity index (χ3v) is 5.56. The van der Waals surface area contributed by atoms with Crippen molar-refractivity contribution in [1.82, 2.24) is 15.0 Å². The molecule has 1 aliphatic rings. The zero-order valence-electron chi connectivity index (χ0n) is 16.9. The van der Waals surface area contributed by atoms with Crippen LogP contribution in [-0.4, -0.2) is 28.0 Å². The normalized spacial score (nSPS) is 15.8. The molecule has 1 saturated heterocycles. The van der Waals surface area contributed by atoms with Gasteiger partial charge in [-0.1, -0.05) is 0 Å². The Kier molecular flexibility index (Phi) is 5.79. The highest BCUT2D eigenvalue weighted by Crippen LogP contribution is 2.34. The van der Waals surface area contributed by atoms with E-state index in [0.717, 1.165) is 43.8 Å². The summed E-state index contributed by atoms with van der Waals surface area (Å²) in [5.41, 5.74) is 6.71. The van der Waals surface area contributed by atoms with Crippen LogP contribution in [-0.2, 0) is 6.18 Å². The molecule has 1 fully saturated rings. The predicted molar refractivity (Wildman–Crippen MR) is 116 cm³/mol. The molecule has 10 heteroatoms. The Morgan fingerprint density at radius 3 is 2.55 bits per heavy atom. The van der Waals surface area contributed by atoms with Crippen LogP contribution in [0.5, 0.6) is 0 Å². The fourth-order valence-electron chi connectivity index (χ4n) is 3.79. The van der Waals surface area contributed by atoms with Gasteiger partial charge in [-0.3, -0.25) is 0 Å². The number of anilines is 3. The first-order valence-electron chi connectivity index (χ1n) is 10.0. The summed E-state index contributed by atoms with van der Waals surface area (Å²) in [6.07, 6.45) is 0.725. The molecule has 1 atom stereocenters. The molecule has 1 aliphatic heterocycles. The number of hydrogen-bond donors (Lipinski definition) is 2. The Hall–Kier alpha value is -2.81. The van der Waals surface area contributed by atoms with Gasteiger partial charge in [0.2, 0.25) is 5.28 Å². The minimum atomic E-state index is -4.48. The molecule has 3 aromatic rings. The highest BCUT2D eigenvalue weighted by atomic mass is 35.5. The van der Waals surface area contributed by atoms with Crippen molar-refractivity contribution in [2.75, 3.05) is 29.0 Å². The van der Waals surface area contributed by atoms with Gasteiger partial charge in [-0.15, -0.1) is 0 Å². The first-order chi connectivity index (χ1) is 14.7. The SMILES string of the molecule is CC(Nc1nc(Cl)nc2ncc(N3CCCCC3)cc12)c1cc(N)cc(C(F)(F)F)c1. The average molecular weight is 451 g/mol. The summed E-state index contributed by atoms with van der Waals surface area (Å²) in [5, 5.41) is 3.82. The first kappa shape index (κ1) is 21.4. The van der Waals surface area contributed by atoms with Crippen LogP contribution in [0.2, 0.25) is 5.28 Å². The molecule has 31 heavy (non-hydrogen) atoms. The van der Waals surface area contributed by atoms with Crippen LogP contribution < -0.4 is 16.0 Å². The predicted octanol–water partition coefficient (Wildman–Crippen LogP) is 5.44. The maximum absolute atomic E-state index is 13.2. The molecule has 0 aliphatic carbocycles. The van der Waals surface area contributed by atoms with E-state index < -0.39 is 17.8 Å². The van der Waals surface area contributed by atoms with Crippen molar-refractivity contribution in [3.8, 4) is 0 Å². The summed E-state index contributed by atoms with van der Waals surface area (Å²) >= 11 is 6.07. The highest BCUT2D eigenvalue weighted by Gasteiger charge is 2.31. The van der Waals surface area contributed by atoms with Crippen LogP contribution in [0.15, 0.2) is 30.5 Å². The Morgan fingerprint density at radius 1 is 1.10 bits per heavy atom. The highest BCUT2D eigenvalue weighted by molar-refractivity contribution is 6.28. The molecule has 2 aromatic heterocycles. The number of fused-ring (bicyclic) bond motifs is 1. The number of nitrogen functional groups attached to an aromatic ring is 1. The summed E-state index contributed by atoms with van der Waals surface area (Å²) in [5.74, 6) is 0.407. The van der Waals surface area contributed by atoms with Gasteiger partial charge in [0.1, 0.15) is 5.82 Å². The van der Waals surface area contributed by atoms with Gasteiger partial charge in [0, 0.05) is 18.8 Å². The molecule has 6 nitrogen and oxygen atoms in total. The molecule has 3 N–H and O–H groups in total. The lowest BCUT2D eigenvalue weighted by Gasteiger charge is -2.28. The molecule has 1 aromatic carbocycles. The molecule has 4 rings (SSSR count). The van der Waals surface area contributed by atoms with Gasteiger partial charge in [-0.2, -0.15) is 18.2 Å². The number of benzene rings is 1. The smallest absolute Gasteiger partial charge is 0.399 e. The van der Waals surface area contributed by atoms with Gasteiger partial charge in [0.25, 0.3) is 0 Å². The van der Waals surface area contributed by atoms with Gasteiger partial charge in [-0.25, -0.2) is 9.97 Å². The third kappa shape index (κ3) is 4.76. The molecule has 0 amide bonds. The minimum Gasteiger partial charge on any atom is -0.399 e. The second-order valence-corrected chi connectivity index (χ2v) is 8.04. The molecule has 0 saturated carbocycles. The molecule has 164 valence electrons. The molecule has 3 heterocycles. The Morgan fingerprint density at radius 2 is 1.84 bits per heavy atom. The number of piperidine rings is 1.